The minimum atomic E-state index is -0.0351. The van der Waals surface area contributed by atoms with Crippen LogP contribution in [0.2, 0.25) is 0 Å². The molecule has 0 bridgehead atoms. The highest BCUT2D eigenvalue weighted by Crippen LogP contribution is 2.02. The molecule has 0 aromatic carbocycles. The maximum Gasteiger partial charge on any atom is 0.166 e. The predicted molar refractivity (Wildman–Crippen MR) is 64.3 cm³/mol. The van der Waals surface area contributed by atoms with E-state index in [1.165, 1.54) is 6.42 Å². The molecule has 0 fully saturated rings. The standard InChI is InChI=1S/C10H19IO2/c1-3-5-7-12-10(9-11)13-8-6-4-2/h3,10H,1,4-9H2,2H3/t10-/m1/s1. The molecule has 3 heteroatoms. The first-order valence-electron chi connectivity index (χ1n) is 4.75. The highest BCUT2D eigenvalue weighted by atomic mass is 127. The lowest BCUT2D eigenvalue weighted by molar-refractivity contribution is -0.124. The number of unbranched alkanes of at least 4 members (excludes halogenated alkanes) is 1. The summed E-state index contributed by atoms with van der Waals surface area (Å²) < 4.78 is 11.9. The fraction of sp³-hybridized carbons (Fsp3) is 0.800. The van der Waals surface area contributed by atoms with Gasteiger partial charge in [-0.25, -0.2) is 0 Å². The molecule has 0 saturated carbocycles. The Morgan fingerprint density at radius 1 is 1.38 bits per heavy atom. The van der Waals surface area contributed by atoms with Crippen molar-refractivity contribution in [3.05, 3.63) is 12.7 Å². The SMILES string of the molecule is C=CCCO[C@@H](CI)OCCCC. The van der Waals surface area contributed by atoms with Gasteiger partial charge in [0.15, 0.2) is 6.29 Å². The maximum absolute atomic E-state index is 5.51. The van der Waals surface area contributed by atoms with Crippen LogP contribution in [0.25, 0.3) is 0 Å². The quantitative estimate of drug-likeness (QED) is 0.214. The third kappa shape index (κ3) is 8.71. The van der Waals surface area contributed by atoms with Gasteiger partial charge in [-0.15, -0.1) is 6.58 Å². The number of hydrogen-bond acceptors (Lipinski definition) is 2. The Labute approximate surface area is 94.8 Å². The van der Waals surface area contributed by atoms with Gasteiger partial charge in [0.2, 0.25) is 0 Å². The number of hydrogen-bond donors (Lipinski definition) is 0. The average molecular weight is 298 g/mol. The summed E-state index contributed by atoms with van der Waals surface area (Å²) in [7, 11) is 0. The molecule has 0 aliphatic carbocycles. The second-order valence-corrected chi connectivity index (χ2v) is 3.64. The highest BCUT2D eigenvalue weighted by molar-refractivity contribution is 14.1. The molecule has 0 N–H and O–H groups in total. The smallest absolute Gasteiger partial charge is 0.166 e. The molecule has 0 aromatic heterocycles. The van der Waals surface area contributed by atoms with Crippen LogP contribution in [0, 0.1) is 0 Å². The van der Waals surface area contributed by atoms with E-state index >= 15 is 0 Å². The van der Waals surface area contributed by atoms with Crippen LogP contribution in [0.4, 0.5) is 0 Å². The largest absolute Gasteiger partial charge is 0.352 e. The molecule has 78 valence electrons. The van der Waals surface area contributed by atoms with Crippen molar-refractivity contribution in [2.24, 2.45) is 0 Å². The lowest BCUT2D eigenvalue weighted by Crippen LogP contribution is -2.19. The number of alkyl halides is 1. The van der Waals surface area contributed by atoms with E-state index in [2.05, 4.69) is 36.1 Å². The Morgan fingerprint density at radius 2 is 2.08 bits per heavy atom. The molecule has 0 unspecified atom stereocenters. The second-order valence-electron chi connectivity index (χ2n) is 2.76. The third-order valence-electron chi connectivity index (χ3n) is 1.55. The molecule has 13 heavy (non-hydrogen) atoms. The molecule has 0 amide bonds. The Bertz CT molecular complexity index is 117. The Morgan fingerprint density at radius 3 is 2.62 bits per heavy atom. The van der Waals surface area contributed by atoms with E-state index in [1.54, 1.807) is 0 Å². The summed E-state index contributed by atoms with van der Waals surface area (Å²) in [5.74, 6) is 0. The van der Waals surface area contributed by atoms with Crippen LogP contribution in [0.3, 0.4) is 0 Å². The van der Waals surface area contributed by atoms with Crippen molar-refractivity contribution in [2.45, 2.75) is 32.5 Å². The van der Waals surface area contributed by atoms with Gasteiger partial charge in [-0.2, -0.15) is 0 Å². The fourth-order valence-electron chi connectivity index (χ4n) is 0.779. The van der Waals surface area contributed by atoms with Crippen LogP contribution in [-0.4, -0.2) is 23.9 Å². The van der Waals surface area contributed by atoms with Gasteiger partial charge in [0.1, 0.15) is 0 Å². The molecule has 1 atom stereocenters. The normalized spacial score (nSPS) is 12.8. The Kier molecular flexibility index (Phi) is 10.8. The molecular formula is C10H19IO2. The first-order chi connectivity index (χ1) is 6.35. The van der Waals surface area contributed by atoms with Gasteiger partial charge in [0, 0.05) is 6.61 Å². The van der Waals surface area contributed by atoms with Crippen molar-refractivity contribution in [2.75, 3.05) is 17.6 Å². The summed E-state index contributed by atoms with van der Waals surface area (Å²) in [6.07, 6.45) is 4.99. The Hall–Kier alpha value is 0.390. The minimum Gasteiger partial charge on any atom is -0.352 e. The highest BCUT2D eigenvalue weighted by Gasteiger charge is 2.05. The van der Waals surface area contributed by atoms with Crippen molar-refractivity contribution >= 4 is 22.6 Å². The summed E-state index contributed by atoms with van der Waals surface area (Å²) in [6.45, 7) is 7.31. The first kappa shape index (κ1) is 13.4. The van der Waals surface area contributed by atoms with E-state index in [0.717, 1.165) is 23.9 Å². The predicted octanol–water partition coefficient (Wildman–Crippen LogP) is 3.16. The van der Waals surface area contributed by atoms with Crippen molar-refractivity contribution in [3.63, 3.8) is 0 Å². The van der Waals surface area contributed by atoms with Gasteiger partial charge in [-0.3, -0.25) is 0 Å². The van der Waals surface area contributed by atoms with E-state index < -0.39 is 0 Å². The molecule has 0 aliphatic rings. The van der Waals surface area contributed by atoms with E-state index in [-0.39, 0.29) is 6.29 Å². The van der Waals surface area contributed by atoms with Crippen LogP contribution in [0.5, 0.6) is 0 Å². The van der Waals surface area contributed by atoms with Crippen molar-refractivity contribution in [3.8, 4) is 0 Å². The molecule has 0 heterocycles. The van der Waals surface area contributed by atoms with Crippen molar-refractivity contribution in [1.82, 2.24) is 0 Å². The van der Waals surface area contributed by atoms with E-state index in [4.69, 9.17) is 9.47 Å². The molecule has 0 spiro atoms. The average Bonchev–Trinajstić information content (AvgIpc) is 2.16. The number of rotatable bonds is 9. The van der Waals surface area contributed by atoms with Crippen LogP contribution in [0.15, 0.2) is 12.7 Å². The third-order valence-corrected chi connectivity index (χ3v) is 2.27. The monoisotopic (exact) mass is 298 g/mol. The zero-order chi connectivity index (χ0) is 9.94. The lowest BCUT2D eigenvalue weighted by atomic mass is 10.4. The summed E-state index contributed by atoms with van der Waals surface area (Å²) in [6, 6.07) is 0. The number of ether oxygens (including phenoxy) is 2. The zero-order valence-corrected chi connectivity index (χ0v) is 10.5. The zero-order valence-electron chi connectivity index (χ0n) is 8.30. The van der Waals surface area contributed by atoms with E-state index in [9.17, 15) is 0 Å². The maximum atomic E-state index is 5.51. The minimum absolute atomic E-state index is 0.0351. The molecule has 2 nitrogen and oxygen atoms in total. The van der Waals surface area contributed by atoms with Gasteiger partial charge < -0.3 is 9.47 Å². The van der Waals surface area contributed by atoms with Crippen LogP contribution >= 0.6 is 22.6 Å². The van der Waals surface area contributed by atoms with E-state index in [1.807, 2.05) is 6.08 Å². The molecule has 0 rings (SSSR count). The molecule has 0 aromatic rings. The molecule has 0 aliphatic heterocycles. The van der Waals surface area contributed by atoms with Gasteiger partial charge >= 0.3 is 0 Å². The van der Waals surface area contributed by atoms with Gasteiger partial charge in [-0.1, -0.05) is 42.0 Å². The van der Waals surface area contributed by atoms with Crippen LogP contribution in [-0.2, 0) is 9.47 Å². The summed E-state index contributed by atoms with van der Waals surface area (Å²) in [5.41, 5.74) is 0. The second kappa shape index (κ2) is 10.5. The van der Waals surface area contributed by atoms with Crippen molar-refractivity contribution < 1.29 is 9.47 Å². The van der Waals surface area contributed by atoms with Crippen LogP contribution in [0.1, 0.15) is 26.2 Å². The summed E-state index contributed by atoms with van der Waals surface area (Å²) in [4.78, 5) is 0. The van der Waals surface area contributed by atoms with Gasteiger partial charge in [0.05, 0.1) is 11.0 Å². The first-order valence-corrected chi connectivity index (χ1v) is 6.27. The lowest BCUT2D eigenvalue weighted by Gasteiger charge is -2.15. The summed E-state index contributed by atoms with van der Waals surface area (Å²) in [5, 5.41) is 0. The van der Waals surface area contributed by atoms with Crippen LogP contribution < -0.4 is 0 Å². The number of halogens is 1. The summed E-state index contributed by atoms with van der Waals surface area (Å²) >= 11 is 2.28. The molecule has 0 radical (unpaired) electrons. The van der Waals surface area contributed by atoms with Gasteiger partial charge in [0.25, 0.3) is 0 Å². The topological polar surface area (TPSA) is 18.5 Å². The van der Waals surface area contributed by atoms with E-state index in [0.29, 0.717) is 6.61 Å². The van der Waals surface area contributed by atoms with Crippen molar-refractivity contribution in [1.29, 1.82) is 0 Å². The fourth-order valence-corrected chi connectivity index (χ4v) is 1.29. The molecule has 0 saturated heterocycles. The molecular weight excluding hydrogens is 279 g/mol. The van der Waals surface area contributed by atoms with Gasteiger partial charge in [-0.05, 0) is 12.8 Å². The Balaban J connectivity index is 3.33.